The lowest BCUT2D eigenvalue weighted by atomic mass is 10.1. The molecule has 1 aliphatic rings. The quantitative estimate of drug-likeness (QED) is 0.424. The summed E-state index contributed by atoms with van der Waals surface area (Å²) in [5.74, 6) is -2.07. The monoisotopic (exact) mass is 472 g/mol. The fraction of sp³-hybridized carbons (Fsp3) is 0.100. The number of carboxylic acid groups (broad SMARTS) is 1. The minimum Gasteiger partial charge on any atom is -0.480 e. The van der Waals surface area contributed by atoms with Crippen molar-refractivity contribution in [3.05, 3.63) is 64.7 Å². The van der Waals surface area contributed by atoms with Crippen LogP contribution in [0.3, 0.4) is 0 Å². The van der Waals surface area contributed by atoms with Crippen LogP contribution in [-0.2, 0) is 21.2 Å². The molecule has 0 aliphatic carbocycles. The third-order valence-corrected chi connectivity index (χ3v) is 7.39. The van der Waals surface area contributed by atoms with Gasteiger partial charge < -0.3 is 21.1 Å². The van der Waals surface area contributed by atoms with Gasteiger partial charge in [-0.15, -0.1) is 11.3 Å². The number of amides is 2. The number of fused-ring (bicyclic) bond motifs is 2. The first kappa shape index (κ1) is 21.5. The number of rotatable bonds is 6. The smallest absolute Gasteiger partial charge is 0.322 e. The van der Waals surface area contributed by atoms with Crippen molar-refractivity contribution in [1.29, 1.82) is 0 Å². The van der Waals surface area contributed by atoms with E-state index in [1.165, 1.54) is 47.9 Å². The van der Waals surface area contributed by atoms with Gasteiger partial charge in [-0.25, -0.2) is 13.4 Å². The number of carbonyl (C=O) groups excluding carboxylic acids is 2. The summed E-state index contributed by atoms with van der Waals surface area (Å²) < 4.78 is 26.0. The van der Waals surface area contributed by atoms with E-state index in [2.05, 4.69) is 20.9 Å². The highest BCUT2D eigenvalue weighted by Gasteiger charge is 2.31. The number of anilines is 2. The van der Waals surface area contributed by atoms with Crippen LogP contribution in [0.5, 0.6) is 0 Å². The van der Waals surface area contributed by atoms with E-state index in [9.17, 15) is 22.8 Å². The highest BCUT2D eigenvalue weighted by molar-refractivity contribution is 7.91. The average molecular weight is 473 g/mol. The third kappa shape index (κ3) is 4.18. The van der Waals surface area contributed by atoms with Crippen LogP contribution < -0.4 is 16.0 Å². The zero-order valence-corrected chi connectivity index (χ0v) is 17.9. The van der Waals surface area contributed by atoms with Gasteiger partial charge in [0.25, 0.3) is 11.8 Å². The van der Waals surface area contributed by atoms with Gasteiger partial charge in [0.2, 0.25) is 9.84 Å². The predicted octanol–water partition coefficient (Wildman–Crippen LogP) is 1.97. The van der Waals surface area contributed by atoms with Crippen LogP contribution in [0.4, 0.5) is 10.8 Å². The molecule has 2 heterocycles. The minimum absolute atomic E-state index is 0.0248. The molecule has 0 bridgehead atoms. The van der Waals surface area contributed by atoms with E-state index in [0.717, 1.165) is 0 Å². The molecule has 32 heavy (non-hydrogen) atoms. The molecule has 0 saturated heterocycles. The number of thiazole rings is 1. The fourth-order valence-corrected chi connectivity index (χ4v) is 5.43. The Morgan fingerprint density at radius 3 is 2.69 bits per heavy atom. The maximum Gasteiger partial charge on any atom is 0.322 e. The predicted molar refractivity (Wildman–Crippen MR) is 116 cm³/mol. The van der Waals surface area contributed by atoms with Crippen molar-refractivity contribution in [3.8, 4) is 0 Å². The van der Waals surface area contributed by atoms with E-state index < -0.39 is 27.6 Å². The first-order valence-corrected chi connectivity index (χ1v) is 11.5. The lowest BCUT2D eigenvalue weighted by Crippen LogP contribution is -2.22. The second-order valence-corrected chi connectivity index (χ2v) is 9.73. The number of benzene rings is 2. The zero-order chi connectivity index (χ0) is 22.9. The number of hydrogen-bond donors (Lipinski definition) is 4. The second-order valence-electron chi connectivity index (χ2n) is 6.73. The summed E-state index contributed by atoms with van der Waals surface area (Å²) in [5, 5.41) is 17.0. The van der Waals surface area contributed by atoms with Crippen molar-refractivity contribution in [2.45, 2.75) is 16.3 Å². The molecule has 0 unspecified atom stereocenters. The summed E-state index contributed by atoms with van der Waals surface area (Å²) in [4.78, 5) is 40.2. The van der Waals surface area contributed by atoms with Gasteiger partial charge in [0.05, 0.1) is 27.6 Å². The van der Waals surface area contributed by atoms with Crippen LogP contribution in [-0.4, -0.2) is 42.8 Å². The Balaban J connectivity index is 1.52. The Morgan fingerprint density at radius 1 is 1.12 bits per heavy atom. The molecule has 12 heteroatoms. The van der Waals surface area contributed by atoms with Crippen LogP contribution in [0.2, 0.25) is 0 Å². The highest BCUT2D eigenvalue weighted by Crippen LogP contribution is 2.34. The molecule has 0 radical (unpaired) electrons. The summed E-state index contributed by atoms with van der Waals surface area (Å²) in [6.07, 6.45) is 1.51. The highest BCUT2D eigenvalue weighted by atomic mass is 32.2. The largest absolute Gasteiger partial charge is 0.480 e. The number of carbonyl (C=O) groups is 3. The summed E-state index contributed by atoms with van der Waals surface area (Å²) in [6, 6.07) is 9.90. The molecule has 4 N–H and O–H groups in total. The van der Waals surface area contributed by atoms with Gasteiger partial charge in [-0.3, -0.25) is 14.4 Å². The van der Waals surface area contributed by atoms with E-state index in [1.807, 2.05) is 0 Å². The number of aliphatic carboxylic acids is 1. The average Bonchev–Trinajstić information content (AvgIpc) is 3.20. The van der Waals surface area contributed by atoms with Crippen molar-refractivity contribution >= 4 is 49.8 Å². The summed E-state index contributed by atoms with van der Waals surface area (Å²) in [6.45, 7) is -0.134. The Kier molecular flexibility index (Phi) is 5.63. The second kappa shape index (κ2) is 8.40. The normalized spacial score (nSPS) is 13.8. The minimum atomic E-state index is -3.95. The molecule has 0 spiro atoms. The third-order valence-electron chi connectivity index (χ3n) is 4.57. The molecule has 3 aromatic rings. The van der Waals surface area contributed by atoms with Gasteiger partial charge in [-0.1, -0.05) is 12.1 Å². The van der Waals surface area contributed by atoms with Gasteiger partial charge in [-0.05, 0) is 30.3 Å². The van der Waals surface area contributed by atoms with Crippen LogP contribution in [0.1, 0.15) is 25.6 Å². The SMILES string of the molecule is O=C(O)CNc1ncc(CNC(=O)c2ccc3c(c2)NC(=O)c2ccccc2S3(=O)=O)s1. The van der Waals surface area contributed by atoms with Crippen molar-refractivity contribution < 1.29 is 27.9 Å². The van der Waals surface area contributed by atoms with Crippen molar-refractivity contribution in [3.63, 3.8) is 0 Å². The molecule has 0 atom stereocenters. The van der Waals surface area contributed by atoms with Crippen LogP contribution >= 0.6 is 11.3 Å². The molecule has 164 valence electrons. The van der Waals surface area contributed by atoms with Gasteiger partial charge in [-0.2, -0.15) is 0 Å². The number of sulfone groups is 1. The number of nitrogens with one attached hydrogen (secondary N) is 3. The maximum atomic E-state index is 13.0. The van der Waals surface area contributed by atoms with Gasteiger partial charge in [0.1, 0.15) is 6.54 Å². The van der Waals surface area contributed by atoms with E-state index in [-0.39, 0.29) is 39.7 Å². The molecular weight excluding hydrogens is 456 g/mol. The zero-order valence-electron chi connectivity index (χ0n) is 16.3. The van der Waals surface area contributed by atoms with Gasteiger partial charge in [0, 0.05) is 16.6 Å². The van der Waals surface area contributed by atoms with E-state index >= 15 is 0 Å². The van der Waals surface area contributed by atoms with Crippen molar-refractivity contribution in [2.24, 2.45) is 0 Å². The van der Waals surface area contributed by atoms with Crippen LogP contribution in [0.25, 0.3) is 0 Å². The van der Waals surface area contributed by atoms with E-state index in [1.54, 1.807) is 12.1 Å². The number of carboxylic acids is 1. The lowest BCUT2D eigenvalue weighted by Gasteiger charge is -2.10. The first-order valence-electron chi connectivity index (χ1n) is 9.24. The van der Waals surface area contributed by atoms with Crippen LogP contribution in [0, 0.1) is 0 Å². The molecule has 1 aromatic heterocycles. The molecule has 0 saturated carbocycles. The molecular formula is C20H16N4O6S2. The Morgan fingerprint density at radius 2 is 1.91 bits per heavy atom. The number of hydrogen-bond acceptors (Lipinski definition) is 8. The summed E-state index contributed by atoms with van der Waals surface area (Å²) in [5.41, 5.74) is 0.225. The molecule has 10 nitrogen and oxygen atoms in total. The van der Waals surface area contributed by atoms with Crippen LogP contribution in [0.15, 0.2) is 58.5 Å². The van der Waals surface area contributed by atoms with Crippen molar-refractivity contribution in [2.75, 3.05) is 17.2 Å². The first-order chi connectivity index (χ1) is 15.3. The fourth-order valence-electron chi connectivity index (χ4n) is 3.09. The van der Waals surface area contributed by atoms with Crippen molar-refractivity contribution in [1.82, 2.24) is 10.3 Å². The van der Waals surface area contributed by atoms with E-state index in [0.29, 0.717) is 10.0 Å². The summed E-state index contributed by atoms with van der Waals surface area (Å²) in [7, 11) is -3.95. The Labute approximate surface area is 186 Å². The summed E-state index contributed by atoms with van der Waals surface area (Å²) >= 11 is 1.19. The topological polar surface area (TPSA) is 155 Å². The molecule has 4 rings (SSSR count). The van der Waals surface area contributed by atoms with E-state index in [4.69, 9.17) is 5.11 Å². The number of aromatic nitrogens is 1. The van der Waals surface area contributed by atoms with Gasteiger partial charge in [0.15, 0.2) is 5.13 Å². The Bertz CT molecular complexity index is 1350. The standard InChI is InChI=1S/C20H16N4O6S2/c25-17(26)10-23-20-22-9-12(31-20)8-21-18(27)11-5-6-16-14(7-11)24-19(28)13-3-1-2-4-15(13)32(16,29)30/h1-7,9H,8,10H2,(H,21,27)(H,22,23)(H,24,28)(H,25,26). The number of nitrogens with zero attached hydrogens (tertiary/aromatic N) is 1. The molecule has 2 aromatic carbocycles. The Hall–Kier alpha value is -3.77. The maximum absolute atomic E-state index is 13.0. The lowest BCUT2D eigenvalue weighted by molar-refractivity contribution is -0.134. The molecule has 0 fully saturated rings. The molecule has 2 amide bonds. The molecule has 1 aliphatic heterocycles. The van der Waals surface area contributed by atoms with Gasteiger partial charge >= 0.3 is 5.97 Å².